The first-order chi connectivity index (χ1) is 18.0. The smallest absolute Gasteiger partial charge is 0.266 e. The molecule has 1 aliphatic heterocycles. The molecule has 2 N–H and O–H groups in total. The lowest BCUT2D eigenvalue weighted by atomic mass is 9.54. The van der Waals surface area contributed by atoms with Crippen LogP contribution in [0.1, 0.15) is 49.8 Å². The van der Waals surface area contributed by atoms with Gasteiger partial charge >= 0.3 is 0 Å². The van der Waals surface area contributed by atoms with Gasteiger partial charge in [-0.15, -0.1) is 0 Å². The topological polar surface area (TPSA) is 77.9 Å². The fourth-order valence-electron chi connectivity index (χ4n) is 7.36. The van der Waals surface area contributed by atoms with E-state index >= 15 is 0 Å². The van der Waals surface area contributed by atoms with E-state index in [1.54, 1.807) is 14.2 Å². The van der Waals surface area contributed by atoms with Crippen molar-refractivity contribution >= 4 is 40.3 Å². The number of thiocarbonyl (C=S) groups is 1. The molecule has 0 spiro atoms. The average Bonchev–Trinajstić information content (AvgIpc) is 3.41. The first-order valence-corrected chi connectivity index (χ1v) is 14.5. The number of nitrogens with two attached hydrogens (primary N) is 1. The van der Waals surface area contributed by atoms with Gasteiger partial charge in [-0.05, 0) is 98.9 Å². The molecule has 1 saturated heterocycles. The molecule has 4 aliphatic carbocycles. The van der Waals surface area contributed by atoms with Gasteiger partial charge in [-0.1, -0.05) is 24.0 Å². The van der Waals surface area contributed by atoms with Crippen molar-refractivity contribution in [2.45, 2.75) is 51.0 Å². The molecule has 4 saturated carbocycles. The van der Waals surface area contributed by atoms with Crippen molar-refractivity contribution in [3.05, 3.63) is 40.5 Å². The maximum Gasteiger partial charge on any atom is 0.266 e. The van der Waals surface area contributed by atoms with Gasteiger partial charge in [0.15, 0.2) is 0 Å². The van der Waals surface area contributed by atoms with E-state index in [0.29, 0.717) is 50.6 Å². The molecule has 196 valence electrons. The number of benzene rings is 1. The number of thioether (sulfide) groups is 1. The Bertz CT molecular complexity index is 1220. The van der Waals surface area contributed by atoms with E-state index in [-0.39, 0.29) is 11.9 Å². The van der Waals surface area contributed by atoms with Crippen LogP contribution >= 0.6 is 24.0 Å². The zero-order valence-electron chi connectivity index (χ0n) is 21.4. The van der Waals surface area contributed by atoms with Gasteiger partial charge in [-0.3, -0.25) is 9.69 Å². The molecule has 0 unspecified atom stereocenters. The quantitative estimate of drug-likeness (QED) is 0.332. The second kappa shape index (κ2) is 10.1. The van der Waals surface area contributed by atoms with Crippen LogP contribution in [0.3, 0.4) is 0 Å². The molecule has 0 radical (unpaired) electrons. The minimum absolute atomic E-state index is 0.0391. The molecule has 6 nitrogen and oxygen atoms in total. The highest BCUT2D eigenvalue weighted by Crippen LogP contribution is 2.56. The summed E-state index contributed by atoms with van der Waals surface area (Å²) in [5.41, 5.74) is 7.68. The van der Waals surface area contributed by atoms with Gasteiger partial charge in [0, 0.05) is 18.2 Å². The molecular formula is C29H34N2O4S2. The highest BCUT2D eigenvalue weighted by Gasteiger charge is 2.53. The Hall–Kier alpha value is -2.29. The highest BCUT2D eigenvalue weighted by atomic mass is 32.2. The number of aryl methyl sites for hydroxylation is 1. The van der Waals surface area contributed by atoms with E-state index in [2.05, 4.69) is 0 Å². The van der Waals surface area contributed by atoms with Crippen LogP contribution in [0.25, 0.3) is 17.4 Å². The van der Waals surface area contributed by atoms with Gasteiger partial charge in [0.2, 0.25) is 0 Å². The molecule has 2 aromatic rings. The van der Waals surface area contributed by atoms with Gasteiger partial charge in [0.05, 0.1) is 24.7 Å². The number of hydrogen-bond donors (Lipinski definition) is 1. The molecule has 4 bridgehead atoms. The number of hydrogen-bond acceptors (Lipinski definition) is 7. The number of carbonyl (C=O) groups is 1. The van der Waals surface area contributed by atoms with Crippen molar-refractivity contribution in [1.29, 1.82) is 0 Å². The Balaban J connectivity index is 1.31. The number of amides is 1. The Morgan fingerprint density at radius 3 is 2.49 bits per heavy atom. The molecule has 2 heterocycles. The first-order valence-electron chi connectivity index (χ1n) is 13.3. The minimum Gasteiger partial charge on any atom is -0.497 e. The van der Waals surface area contributed by atoms with Crippen molar-refractivity contribution in [2.75, 3.05) is 20.8 Å². The zero-order valence-corrected chi connectivity index (χ0v) is 23.0. The average molecular weight is 539 g/mol. The maximum absolute atomic E-state index is 13.8. The SMILES string of the molecule is COc1ccc(-c2cc(CCCN)c(/C=C3\SC(=S)N(C4C5CC6CC(C5)CC4C6)C3=O)o2)c(OC)c1. The lowest BCUT2D eigenvalue weighted by molar-refractivity contribution is -0.130. The van der Waals surface area contributed by atoms with Gasteiger partial charge in [-0.2, -0.15) is 0 Å². The number of nitrogens with zero attached hydrogens (tertiary/aromatic N) is 1. The fraction of sp³-hybridized carbons (Fsp3) is 0.517. The van der Waals surface area contributed by atoms with Gasteiger partial charge in [0.25, 0.3) is 5.91 Å². The first kappa shape index (κ1) is 25.0. The number of methoxy groups -OCH3 is 2. The third kappa shape index (κ3) is 4.51. The van der Waals surface area contributed by atoms with E-state index < -0.39 is 0 Å². The standard InChI is InChI=1S/C29H34N2O4S2/c1-33-21-5-6-22(24(14-21)34-2)25-13-18(4-3-7-30)23(35-25)15-26-28(32)31(29(36)37-26)27-19-9-16-8-17(11-19)12-20(27)10-16/h5-6,13-17,19-20,27H,3-4,7-12,30H2,1-2H3/b26-15-. The highest BCUT2D eigenvalue weighted by molar-refractivity contribution is 8.26. The van der Waals surface area contributed by atoms with E-state index in [0.717, 1.165) is 35.8 Å². The number of ether oxygens (including phenoxy) is 2. The normalized spacial score (nSPS) is 29.5. The number of furan rings is 1. The van der Waals surface area contributed by atoms with Crippen molar-refractivity contribution in [3.8, 4) is 22.8 Å². The number of carbonyl (C=O) groups excluding carboxylic acids is 1. The summed E-state index contributed by atoms with van der Waals surface area (Å²) in [5, 5.41) is 0. The molecular weight excluding hydrogens is 504 g/mol. The molecule has 8 heteroatoms. The Morgan fingerprint density at radius 1 is 1.11 bits per heavy atom. The number of rotatable bonds is 8. The molecule has 7 rings (SSSR count). The lowest BCUT2D eigenvalue weighted by Gasteiger charge is -2.56. The van der Waals surface area contributed by atoms with Crippen LogP contribution in [0.4, 0.5) is 0 Å². The van der Waals surface area contributed by atoms with E-state index in [1.807, 2.05) is 35.2 Å². The summed E-state index contributed by atoms with van der Waals surface area (Å²) >= 11 is 7.22. The molecule has 37 heavy (non-hydrogen) atoms. The summed E-state index contributed by atoms with van der Waals surface area (Å²) in [6.07, 6.45) is 9.88. The summed E-state index contributed by atoms with van der Waals surface area (Å²) < 4.78 is 18.0. The van der Waals surface area contributed by atoms with Crippen LogP contribution in [0, 0.1) is 23.7 Å². The van der Waals surface area contributed by atoms with Crippen LogP contribution in [0.15, 0.2) is 33.6 Å². The van der Waals surface area contributed by atoms with Crippen LogP contribution in [0.2, 0.25) is 0 Å². The summed E-state index contributed by atoms with van der Waals surface area (Å²) in [4.78, 5) is 16.4. The maximum atomic E-state index is 13.8. The van der Waals surface area contributed by atoms with Crippen molar-refractivity contribution in [1.82, 2.24) is 4.90 Å². The van der Waals surface area contributed by atoms with E-state index in [9.17, 15) is 4.79 Å². The lowest BCUT2D eigenvalue weighted by Crippen LogP contribution is -2.57. The van der Waals surface area contributed by atoms with Crippen molar-refractivity contribution in [2.24, 2.45) is 29.4 Å². The van der Waals surface area contributed by atoms with Crippen molar-refractivity contribution < 1.29 is 18.7 Å². The zero-order chi connectivity index (χ0) is 25.7. The van der Waals surface area contributed by atoms with Crippen LogP contribution in [-0.4, -0.2) is 41.9 Å². The van der Waals surface area contributed by atoms with Gasteiger partial charge < -0.3 is 19.6 Å². The van der Waals surface area contributed by atoms with Crippen LogP contribution in [-0.2, 0) is 11.2 Å². The minimum atomic E-state index is 0.0391. The van der Waals surface area contributed by atoms with Crippen LogP contribution < -0.4 is 15.2 Å². The predicted molar refractivity (Wildman–Crippen MR) is 150 cm³/mol. The van der Waals surface area contributed by atoms with Crippen LogP contribution in [0.5, 0.6) is 11.5 Å². The summed E-state index contributed by atoms with van der Waals surface area (Å²) in [5.74, 6) is 5.69. The summed E-state index contributed by atoms with van der Waals surface area (Å²) in [7, 11) is 3.26. The van der Waals surface area contributed by atoms with E-state index in [1.165, 1.54) is 43.9 Å². The van der Waals surface area contributed by atoms with Gasteiger partial charge in [-0.25, -0.2) is 0 Å². The molecule has 5 aliphatic rings. The van der Waals surface area contributed by atoms with Crippen molar-refractivity contribution in [3.63, 3.8) is 0 Å². The molecule has 1 aromatic heterocycles. The Morgan fingerprint density at radius 2 is 1.84 bits per heavy atom. The largest absolute Gasteiger partial charge is 0.497 e. The monoisotopic (exact) mass is 538 g/mol. The molecule has 1 aromatic carbocycles. The summed E-state index contributed by atoms with van der Waals surface area (Å²) in [6, 6.07) is 7.95. The summed E-state index contributed by atoms with van der Waals surface area (Å²) in [6.45, 7) is 0.584. The molecule has 1 amide bonds. The van der Waals surface area contributed by atoms with E-state index in [4.69, 9.17) is 31.8 Å². The van der Waals surface area contributed by atoms with Gasteiger partial charge in [0.1, 0.15) is 27.3 Å². The second-order valence-corrected chi connectivity index (χ2v) is 12.6. The molecule has 0 atom stereocenters. The third-order valence-corrected chi connectivity index (χ3v) is 10.1. The molecule has 5 fully saturated rings. The third-order valence-electron chi connectivity index (χ3n) is 8.73. The fourth-order valence-corrected chi connectivity index (χ4v) is 8.68. The Kier molecular flexibility index (Phi) is 6.84. The predicted octanol–water partition coefficient (Wildman–Crippen LogP) is 5.88. The second-order valence-electron chi connectivity index (χ2n) is 10.9. The Labute approximate surface area is 227 Å².